The van der Waals surface area contributed by atoms with Crippen LogP contribution < -0.4 is 10.6 Å². The Labute approximate surface area is 123 Å². The molecule has 1 aromatic heterocycles. The lowest BCUT2D eigenvalue weighted by Gasteiger charge is -2.17. The number of ether oxygens (including phenoxy) is 1. The summed E-state index contributed by atoms with van der Waals surface area (Å²) in [5.41, 5.74) is 2.51. The number of aryl methyl sites for hydroxylation is 1. The Morgan fingerprint density at radius 1 is 1.29 bits per heavy atom. The largest absolute Gasteiger partial charge is 0.379 e. The van der Waals surface area contributed by atoms with Crippen LogP contribution in [-0.4, -0.2) is 37.2 Å². The van der Waals surface area contributed by atoms with Crippen molar-refractivity contribution in [1.82, 2.24) is 10.3 Å². The normalized spacial score (nSPS) is 21.6. The first-order valence-electron chi connectivity index (χ1n) is 7.11. The maximum Gasteiger partial charge on any atom is 0.231 e. The molecule has 1 aromatic carbocycles. The monoisotopic (exact) mass is 285 g/mol. The SMILES string of the molecule is CNC1COCC1C(=O)Nc1cccc2ccc(C)nc12. The molecule has 1 fully saturated rings. The van der Waals surface area contributed by atoms with Crippen molar-refractivity contribution in [3.05, 3.63) is 36.0 Å². The van der Waals surface area contributed by atoms with Crippen molar-refractivity contribution in [3.8, 4) is 0 Å². The third kappa shape index (κ3) is 2.75. The summed E-state index contributed by atoms with van der Waals surface area (Å²) in [5, 5.41) is 7.14. The zero-order chi connectivity index (χ0) is 14.8. The number of pyridine rings is 1. The summed E-state index contributed by atoms with van der Waals surface area (Å²) in [6.07, 6.45) is 0. The first-order chi connectivity index (χ1) is 10.2. The molecule has 5 heteroatoms. The lowest BCUT2D eigenvalue weighted by molar-refractivity contribution is -0.120. The molecule has 1 aliphatic rings. The summed E-state index contributed by atoms with van der Waals surface area (Å²) < 4.78 is 5.39. The van der Waals surface area contributed by atoms with Crippen molar-refractivity contribution in [2.75, 3.05) is 25.6 Å². The summed E-state index contributed by atoms with van der Waals surface area (Å²) in [6, 6.07) is 9.85. The van der Waals surface area contributed by atoms with Gasteiger partial charge in [-0.15, -0.1) is 0 Å². The minimum Gasteiger partial charge on any atom is -0.379 e. The third-order valence-electron chi connectivity index (χ3n) is 3.91. The molecule has 2 N–H and O–H groups in total. The maximum absolute atomic E-state index is 12.5. The van der Waals surface area contributed by atoms with Gasteiger partial charge in [0, 0.05) is 17.1 Å². The van der Waals surface area contributed by atoms with E-state index in [1.54, 1.807) is 0 Å². The van der Waals surface area contributed by atoms with Crippen LogP contribution in [0.4, 0.5) is 5.69 Å². The highest BCUT2D eigenvalue weighted by Gasteiger charge is 2.33. The number of amides is 1. The molecular formula is C16H19N3O2. The number of hydrogen-bond donors (Lipinski definition) is 2. The van der Waals surface area contributed by atoms with Gasteiger partial charge in [0.1, 0.15) is 0 Å². The molecule has 21 heavy (non-hydrogen) atoms. The van der Waals surface area contributed by atoms with Gasteiger partial charge in [0.2, 0.25) is 5.91 Å². The van der Waals surface area contributed by atoms with Crippen molar-refractivity contribution in [2.24, 2.45) is 5.92 Å². The van der Waals surface area contributed by atoms with Gasteiger partial charge < -0.3 is 15.4 Å². The maximum atomic E-state index is 12.5. The molecule has 5 nitrogen and oxygen atoms in total. The molecule has 2 heterocycles. The first kappa shape index (κ1) is 14.0. The topological polar surface area (TPSA) is 63.2 Å². The van der Waals surface area contributed by atoms with Crippen molar-refractivity contribution in [3.63, 3.8) is 0 Å². The Kier molecular flexibility index (Phi) is 3.86. The average molecular weight is 285 g/mol. The van der Waals surface area contributed by atoms with Crippen LogP contribution in [0, 0.1) is 12.8 Å². The molecular weight excluding hydrogens is 266 g/mol. The predicted molar refractivity (Wildman–Crippen MR) is 82.3 cm³/mol. The minimum absolute atomic E-state index is 0.0253. The molecule has 1 aliphatic heterocycles. The van der Waals surface area contributed by atoms with Gasteiger partial charge in [-0.1, -0.05) is 18.2 Å². The van der Waals surface area contributed by atoms with E-state index in [2.05, 4.69) is 15.6 Å². The minimum atomic E-state index is -0.171. The quantitative estimate of drug-likeness (QED) is 0.901. The smallest absolute Gasteiger partial charge is 0.231 e. The van der Waals surface area contributed by atoms with Crippen LogP contribution in [0.3, 0.4) is 0 Å². The van der Waals surface area contributed by atoms with E-state index in [9.17, 15) is 4.79 Å². The van der Waals surface area contributed by atoms with Crippen molar-refractivity contribution in [2.45, 2.75) is 13.0 Å². The number of para-hydroxylation sites is 1. The molecule has 1 amide bonds. The van der Waals surface area contributed by atoms with Crippen LogP contribution in [0.15, 0.2) is 30.3 Å². The fraction of sp³-hybridized carbons (Fsp3) is 0.375. The second kappa shape index (κ2) is 5.79. The molecule has 2 unspecified atom stereocenters. The molecule has 110 valence electrons. The van der Waals surface area contributed by atoms with Crippen LogP contribution >= 0.6 is 0 Å². The number of aromatic nitrogens is 1. The molecule has 0 radical (unpaired) electrons. The summed E-state index contributed by atoms with van der Waals surface area (Å²) in [5.74, 6) is -0.197. The summed E-state index contributed by atoms with van der Waals surface area (Å²) in [7, 11) is 1.85. The number of benzene rings is 1. The molecule has 2 aromatic rings. The second-order valence-corrected chi connectivity index (χ2v) is 5.36. The molecule has 1 saturated heterocycles. The summed E-state index contributed by atoms with van der Waals surface area (Å²) in [6.45, 7) is 2.97. The fourth-order valence-electron chi connectivity index (χ4n) is 2.67. The van der Waals surface area contributed by atoms with Crippen LogP contribution in [0.2, 0.25) is 0 Å². The number of nitrogens with zero attached hydrogens (tertiary/aromatic N) is 1. The van der Waals surface area contributed by atoms with Crippen molar-refractivity contribution >= 4 is 22.5 Å². The highest BCUT2D eigenvalue weighted by atomic mass is 16.5. The lowest BCUT2D eigenvalue weighted by atomic mass is 10.0. The van der Waals surface area contributed by atoms with E-state index < -0.39 is 0 Å². The Balaban J connectivity index is 1.88. The molecule has 0 saturated carbocycles. The van der Waals surface area contributed by atoms with Crippen molar-refractivity contribution in [1.29, 1.82) is 0 Å². The van der Waals surface area contributed by atoms with E-state index in [1.165, 1.54) is 0 Å². The van der Waals surface area contributed by atoms with E-state index in [0.29, 0.717) is 13.2 Å². The van der Waals surface area contributed by atoms with Crippen LogP contribution in [0.25, 0.3) is 10.9 Å². The number of anilines is 1. The van der Waals surface area contributed by atoms with Gasteiger partial charge in [0.15, 0.2) is 0 Å². The molecule has 0 spiro atoms. The number of rotatable bonds is 3. The van der Waals surface area contributed by atoms with Crippen molar-refractivity contribution < 1.29 is 9.53 Å². The van der Waals surface area contributed by atoms with E-state index in [-0.39, 0.29) is 17.9 Å². The van der Waals surface area contributed by atoms with Gasteiger partial charge in [0.05, 0.1) is 30.3 Å². The number of nitrogens with one attached hydrogen (secondary N) is 2. The number of fused-ring (bicyclic) bond motifs is 1. The molecule has 0 bridgehead atoms. The summed E-state index contributed by atoms with van der Waals surface area (Å²) in [4.78, 5) is 17.0. The predicted octanol–water partition coefficient (Wildman–Crippen LogP) is 1.72. The van der Waals surface area contributed by atoms with Gasteiger partial charge in [-0.3, -0.25) is 9.78 Å². The second-order valence-electron chi connectivity index (χ2n) is 5.36. The summed E-state index contributed by atoms with van der Waals surface area (Å²) >= 11 is 0. The Morgan fingerprint density at radius 3 is 2.95 bits per heavy atom. The zero-order valence-corrected chi connectivity index (χ0v) is 12.2. The van der Waals surface area contributed by atoms with Gasteiger partial charge in [-0.2, -0.15) is 0 Å². The lowest BCUT2D eigenvalue weighted by Crippen LogP contribution is -2.39. The number of likely N-dealkylation sites (N-methyl/N-ethyl adjacent to an activating group) is 1. The van der Waals surface area contributed by atoms with E-state index in [0.717, 1.165) is 22.3 Å². The molecule has 0 aliphatic carbocycles. The zero-order valence-electron chi connectivity index (χ0n) is 12.2. The third-order valence-corrected chi connectivity index (χ3v) is 3.91. The first-order valence-corrected chi connectivity index (χ1v) is 7.11. The average Bonchev–Trinajstić information content (AvgIpc) is 2.96. The highest BCUT2D eigenvalue weighted by molar-refractivity contribution is 6.01. The van der Waals surface area contributed by atoms with Gasteiger partial charge in [-0.25, -0.2) is 0 Å². The number of carbonyl (C=O) groups is 1. The number of carbonyl (C=O) groups excluding carboxylic acids is 1. The van der Waals surface area contributed by atoms with Gasteiger partial charge >= 0.3 is 0 Å². The van der Waals surface area contributed by atoms with Crippen LogP contribution in [0.1, 0.15) is 5.69 Å². The Morgan fingerprint density at radius 2 is 2.14 bits per heavy atom. The molecule has 3 rings (SSSR count). The Hall–Kier alpha value is -1.98. The van der Waals surface area contributed by atoms with Crippen LogP contribution in [-0.2, 0) is 9.53 Å². The molecule has 2 atom stereocenters. The Bertz CT molecular complexity index is 672. The highest BCUT2D eigenvalue weighted by Crippen LogP contribution is 2.23. The van der Waals surface area contributed by atoms with E-state index in [4.69, 9.17) is 4.74 Å². The van der Waals surface area contributed by atoms with Crippen LogP contribution in [0.5, 0.6) is 0 Å². The van der Waals surface area contributed by atoms with Gasteiger partial charge in [-0.05, 0) is 26.1 Å². The number of hydrogen-bond acceptors (Lipinski definition) is 4. The van der Waals surface area contributed by atoms with Gasteiger partial charge in [0.25, 0.3) is 0 Å². The fourth-order valence-corrected chi connectivity index (χ4v) is 2.67. The van der Waals surface area contributed by atoms with E-state index >= 15 is 0 Å². The standard InChI is InChI=1S/C16H19N3O2/c1-10-6-7-11-4-3-5-13(15(11)18-10)19-16(20)12-8-21-9-14(12)17-2/h3-7,12,14,17H,8-9H2,1-2H3,(H,19,20). The van der Waals surface area contributed by atoms with E-state index in [1.807, 2.05) is 44.3 Å².